The summed E-state index contributed by atoms with van der Waals surface area (Å²) in [6.07, 6.45) is 12.9. The Labute approximate surface area is 119 Å². The van der Waals surface area contributed by atoms with Gasteiger partial charge in [0.25, 0.3) is 0 Å². The standard InChI is InChI=1S/C17H32N2/c1-14-5-4-9-17(11-14,13-18)19-10-8-15-6-2-3-7-16(15)12-19/h14-16H,2-13,18H2,1H3. The molecule has 4 unspecified atom stereocenters. The van der Waals surface area contributed by atoms with Crippen LogP contribution in [0.3, 0.4) is 0 Å². The maximum Gasteiger partial charge on any atom is 0.0334 e. The molecule has 3 fully saturated rings. The molecule has 2 saturated carbocycles. The third kappa shape index (κ3) is 2.71. The normalized spacial score (nSPS) is 44.8. The highest BCUT2D eigenvalue weighted by molar-refractivity contribution is 4.99. The molecule has 110 valence electrons. The van der Waals surface area contributed by atoms with Gasteiger partial charge in [0.1, 0.15) is 0 Å². The van der Waals surface area contributed by atoms with Gasteiger partial charge in [-0.2, -0.15) is 0 Å². The molecule has 0 amide bonds. The average molecular weight is 264 g/mol. The zero-order valence-electron chi connectivity index (χ0n) is 12.7. The second-order valence-corrected chi connectivity index (χ2v) is 7.67. The average Bonchev–Trinajstić information content (AvgIpc) is 2.46. The van der Waals surface area contributed by atoms with Crippen LogP contribution in [0.2, 0.25) is 0 Å². The highest BCUT2D eigenvalue weighted by atomic mass is 15.2. The van der Waals surface area contributed by atoms with Gasteiger partial charge in [-0.3, -0.25) is 4.90 Å². The van der Waals surface area contributed by atoms with Gasteiger partial charge < -0.3 is 5.73 Å². The smallest absolute Gasteiger partial charge is 0.0334 e. The molecule has 2 aliphatic carbocycles. The van der Waals surface area contributed by atoms with Crippen LogP contribution < -0.4 is 5.73 Å². The fourth-order valence-electron chi connectivity index (χ4n) is 5.27. The predicted molar refractivity (Wildman–Crippen MR) is 81.1 cm³/mol. The highest BCUT2D eigenvalue weighted by Gasteiger charge is 2.43. The second-order valence-electron chi connectivity index (χ2n) is 7.67. The van der Waals surface area contributed by atoms with Gasteiger partial charge in [0.2, 0.25) is 0 Å². The van der Waals surface area contributed by atoms with Gasteiger partial charge in [0.05, 0.1) is 0 Å². The lowest BCUT2D eigenvalue weighted by atomic mass is 9.70. The zero-order valence-corrected chi connectivity index (χ0v) is 12.7. The molecule has 1 heterocycles. The summed E-state index contributed by atoms with van der Waals surface area (Å²) in [6.45, 7) is 5.99. The Balaban J connectivity index is 1.69. The Hall–Kier alpha value is -0.0800. The summed E-state index contributed by atoms with van der Waals surface area (Å²) in [4.78, 5) is 2.83. The summed E-state index contributed by atoms with van der Waals surface area (Å²) in [5.41, 5.74) is 6.62. The monoisotopic (exact) mass is 264 g/mol. The van der Waals surface area contributed by atoms with Gasteiger partial charge in [-0.15, -0.1) is 0 Å². The number of hydrogen-bond acceptors (Lipinski definition) is 2. The van der Waals surface area contributed by atoms with E-state index in [-0.39, 0.29) is 0 Å². The lowest BCUT2D eigenvalue weighted by Gasteiger charge is -2.53. The Bertz CT molecular complexity index is 304. The van der Waals surface area contributed by atoms with Crippen molar-refractivity contribution < 1.29 is 0 Å². The summed E-state index contributed by atoms with van der Waals surface area (Å²) >= 11 is 0. The van der Waals surface area contributed by atoms with E-state index in [9.17, 15) is 0 Å². The molecule has 0 aromatic heterocycles. The van der Waals surface area contributed by atoms with Crippen LogP contribution in [0.5, 0.6) is 0 Å². The molecule has 3 rings (SSSR count). The summed E-state index contributed by atoms with van der Waals surface area (Å²) in [7, 11) is 0. The molecule has 1 aliphatic heterocycles. The van der Waals surface area contributed by atoms with Crippen LogP contribution in [0, 0.1) is 17.8 Å². The first kappa shape index (κ1) is 13.9. The lowest BCUT2D eigenvalue weighted by Crippen LogP contribution is -2.60. The third-order valence-corrected chi connectivity index (χ3v) is 6.41. The molecule has 1 saturated heterocycles. The van der Waals surface area contributed by atoms with E-state index in [1.165, 1.54) is 70.9 Å². The van der Waals surface area contributed by atoms with Gasteiger partial charge in [-0.1, -0.05) is 39.0 Å². The minimum atomic E-state index is 0.361. The Kier molecular flexibility index (Phi) is 4.19. The molecule has 0 aromatic rings. The first-order valence-corrected chi connectivity index (χ1v) is 8.69. The van der Waals surface area contributed by atoms with E-state index in [0.29, 0.717) is 5.54 Å². The highest BCUT2D eigenvalue weighted by Crippen LogP contribution is 2.42. The maximum atomic E-state index is 6.26. The van der Waals surface area contributed by atoms with Crippen molar-refractivity contribution in [1.29, 1.82) is 0 Å². The fraction of sp³-hybridized carbons (Fsp3) is 1.00. The molecule has 4 atom stereocenters. The number of nitrogens with two attached hydrogens (primary N) is 1. The number of rotatable bonds is 2. The second kappa shape index (κ2) is 5.73. The zero-order chi connectivity index (χ0) is 13.3. The van der Waals surface area contributed by atoms with Crippen LogP contribution in [0.1, 0.15) is 64.7 Å². The molecular formula is C17H32N2. The van der Waals surface area contributed by atoms with E-state index in [1.807, 2.05) is 0 Å². The van der Waals surface area contributed by atoms with Gasteiger partial charge in [-0.25, -0.2) is 0 Å². The van der Waals surface area contributed by atoms with Crippen molar-refractivity contribution in [3.8, 4) is 0 Å². The van der Waals surface area contributed by atoms with E-state index < -0.39 is 0 Å². The molecule has 2 nitrogen and oxygen atoms in total. The van der Waals surface area contributed by atoms with Crippen molar-refractivity contribution in [1.82, 2.24) is 4.90 Å². The fourth-order valence-corrected chi connectivity index (χ4v) is 5.27. The van der Waals surface area contributed by atoms with E-state index in [2.05, 4.69) is 11.8 Å². The molecule has 0 radical (unpaired) electrons. The predicted octanol–water partition coefficient (Wildman–Crippen LogP) is 3.41. The largest absolute Gasteiger partial charge is 0.329 e. The van der Waals surface area contributed by atoms with E-state index in [0.717, 1.165) is 24.3 Å². The first-order chi connectivity index (χ1) is 9.23. The van der Waals surface area contributed by atoms with Crippen molar-refractivity contribution in [3.63, 3.8) is 0 Å². The minimum Gasteiger partial charge on any atom is -0.329 e. The van der Waals surface area contributed by atoms with Crippen LogP contribution in [0.25, 0.3) is 0 Å². The lowest BCUT2D eigenvalue weighted by molar-refractivity contribution is -0.0210. The molecule has 0 bridgehead atoms. The van der Waals surface area contributed by atoms with E-state index >= 15 is 0 Å². The van der Waals surface area contributed by atoms with Gasteiger partial charge in [0, 0.05) is 18.6 Å². The first-order valence-electron chi connectivity index (χ1n) is 8.69. The van der Waals surface area contributed by atoms with Crippen LogP contribution in [0.15, 0.2) is 0 Å². The van der Waals surface area contributed by atoms with Gasteiger partial charge >= 0.3 is 0 Å². The SMILES string of the molecule is CC1CCCC(CN)(N2CCC3CCCCC3C2)C1. The van der Waals surface area contributed by atoms with Crippen LogP contribution >= 0.6 is 0 Å². The van der Waals surface area contributed by atoms with Crippen LogP contribution in [-0.4, -0.2) is 30.1 Å². The molecule has 19 heavy (non-hydrogen) atoms. The summed E-state index contributed by atoms with van der Waals surface area (Å²) < 4.78 is 0. The summed E-state index contributed by atoms with van der Waals surface area (Å²) in [6, 6.07) is 0. The molecule has 2 N–H and O–H groups in total. The Morgan fingerprint density at radius 2 is 1.84 bits per heavy atom. The van der Waals surface area contributed by atoms with Crippen LogP contribution in [-0.2, 0) is 0 Å². The van der Waals surface area contributed by atoms with E-state index in [1.54, 1.807) is 0 Å². The van der Waals surface area contributed by atoms with Gasteiger partial charge in [0.15, 0.2) is 0 Å². The quantitative estimate of drug-likeness (QED) is 0.828. The van der Waals surface area contributed by atoms with Crippen LogP contribution in [0.4, 0.5) is 0 Å². The molecule has 2 heteroatoms. The maximum absolute atomic E-state index is 6.26. The van der Waals surface area contributed by atoms with Crippen molar-refractivity contribution >= 4 is 0 Å². The summed E-state index contributed by atoms with van der Waals surface area (Å²) in [5.74, 6) is 2.91. The number of nitrogens with zero attached hydrogens (tertiary/aromatic N) is 1. The molecule has 0 spiro atoms. The van der Waals surface area contributed by atoms with Crippen molar-refractivity contribution in [2.75, 3.05) is 19.6 Å². The topological polar surface area (TPSA) is 29.3 Å². The minimum absolute atomic E-state index is 0.361. The van der Waals surface area contributed by atoms with Crippen molar-refractivity contribution in [2.24, 2.45) is 23.5 Å². The van der Waals surface area contributed by atoms with Gasteiger partial charge in [-0.05, 0) is 50.0 Å². The number of piperidine rings is 1. The third-order valence-electron chi connectivity index (χ3n) is 6.41. The number of likely N-dealkylation sites (tertiary alicyclic amines) is 1. The molecule has 0 aromatic carbocycles. The number of fused-ring (bicyclic) bond motifs is 1. The molecular weight excluding hydrogens is 232 g/mol. The number of hydrogen-bond donors (Lipinski definition) is 1. The van der Waals surface area contributed by atoms with Crippen molar-refractivity contribution in [2.45, 2.75) is 70.3 Å². The van der Waals surface area contributed by atoms with Crippen molar-refractivity contribution in [3.05, 3.63) is 0 Å². The summed E-state index contributed by atoms with van der Waals surface area (Å²) in [5, 5.41) is 0. The molecule has 3 aliphatic rings. The Morgan fingerprint density at radius 1 is 1.05 bits per heavy atom. The Morgan fingerprint density at radius 3 is 2.58 bits per heavy atom. The van der Waals surface area contributed by atoms with E-state index in [4.69, 9.17) is 5.73 Å².